The van der Waals surface area contributed by atoms with Gasteiger partial charge >= 0.3 is 0 Å². The molecular formula is C17H19NO3. The predicted octanol–water partition coefficient (Wildman–Crippen LogP) is 2.34. The minimum Gasteiger partial charge on any atom is -0.507 e. The van der Waals surface area contributed by atoms with Crippen LogP contribution in [0, 0.1) is 6.92 Å². The number of aryl methyl sites for hydroxylation is 1. The number of hydrogen-bond donors (Lipinski definition) is 3. The first-order valence-corrected chi connectivity index (χ1v) is 6.75. The van der Waals surface area contributed by atoms with E-state index in [4.69, 9.17) is 0 Å². The van der Waals surface area contributed by atoms with E-state index in [0.29, 0.717) is 0 Å². The molecule has 0 saturated heterocycles. The molecule has 0 aliphatic rings. The molecule has 0 fully saturated rings. The fraction of sp³-hybridized carbons (Fsp3) is 0.235. The summed E-state index contributed by atoms with van der Waals surface area (Å²) in [6.45, 7) is 3.34. The summed E-state index contributed by atoms with van der Waals surface area (Å²) in [5, 5.41) is 22.3. The lowest BCUT2D eigenvalue weighted by Crippen LogP contribution is -2.46. The van der Waals surface area contributed by atoms with Crippen molar-refractivity contribution in [1.82, 2.24) is 5.32 Å². The van der Waals surface area contributed by atoms with Gasteiger partial charge in [0.05, 0.1) is 17.7 Å². The van der Waals surface area contributed by atoms with E-state index in [1.807, 2.05) is 37.3 Å². The first-order chi connectivity index (χ1) is 9.96. The Morgan fingerprint density at radius 2 is 1.86 bits per heavy atom. The van der Waals surface area contributed by atoms with Gasteiger partial charge in [0.15, 0.2) is 0 Å². The van der Waals surface area contributed by atoms with Crippen molar-refractivity contribution < 1.29 is 15.0 Å². The van der Waals surface area contributed by atoms with E-state index in [2.05, 4.69) is 5.32 Å². The molecule has 2 aromatic carbocycles. The Morgan fingerprint density at radius 3 is 2.43 bits per heavy atom. The van der Waals surface area contributed by atoms with E-state index >= 15 is 0 Å². The molecule has 0 radical (unpaired) electrons. The maximum atomic E-state index is 12.3. The molecule has 0 bridgehead atoms. The van der Waals surface area contributed by atoms with Crippen LogP contribution >= 0.6 is 0 Å². The summed E-state index contributed by atoms with van der Waals surface area (Å²) in [5.74, 6) is -0.492. The predicted molar refractivity (Wildman–Crippen MR) is 81.2 cm³/mol. The van der Waals surface area contributed by atoms with Gasteiger partial charge in [0.2, 0.25) is 0 Å². The van der Waals surface area contributed by atoms with Gasteiger partial charge in [-0.15, -0.1) is 0 Å². The molecule has 4 nitrogen and oxygen atoms in total. The van der Waals surface area contributed by atoms with Crippen molar-refractivity contribution in [1.29, 1.82) is 0 Å². The topological polar surface area (TPSA) is 69.6 Å². The second-order valence-corrected chi connectivity index (χ2v) is 5.33. The van der Waals surface area contributed by atoms with Crippen LogP contribution in [0.5, 0.6) is 5.75 Å². The number of phenols is 1. The van der Waals surface area contributed by atoms with Gasteiger partial charge in [0.25, 0.3) is 5.91 Å². The second kappa shape index (κ2) is 5.97. The van der Waals surface area contributed by atoms with Gasteiger partial charge in [0, 0.05) is 0 Å². The Morgan fingerprint density at radius 1 is 1.19 bits per heavy atom. The zero-order chi connectivity index (χ0) is 15.5. The van der Waals surface area contributed by atoms with Crippen LogP contribution in [0.2, 0.25) is 0 Å². The quantitative estimate of drug-likeness (QED) is 0.807. The lowest BCUT2D eigenvalue weighted by molar-refractivity contribution is 0.0847. The number of carbonyl (C=O) groups is 1. The van der Waals surface area contributed by atoms with Crippen molar-refractivity contribution in [2.24, 2.45) is 0 Å². The third-order valence-electron chi connectivity index (χ3n) is 3.51. The molecule has 3 N–H and O–H groups in total. The van der Waals surface area contributed by atoms with Crippen LogP contribution < -0.4 is 5.32 Å². The third-order valence-corrected chi connectivity index (χ3v) is 3.51. The molecule has 110 valence electrons. The van der Waals surface area contributed by atoms with Crippen LogP contribution in [0.3, 0.4) is 0 Å². The SMILES string of the molecule is Cc1ccc(C(=O)NC(C)(CO)c2ccccc2)c(O)c1. The lowest BCUT2D eigenvalue weighted by atomic mass is 9.92. The highest BCUT2D eigenvalue weighted by molar-refractivity contribution is 5.97. The normalized spacial score (nSPS) is 13.5. The van der Waals surface area contributed by atoms with Crippen molar-refractivity contribution >= 4 is 5.91 Å². The number of rotatable bonds is 4. The molecule has 0 spiro atoms. The summed E-state index contributed by atoms with van der Waals surface area (Å²) in [6, 6.07) is 14.1. The fourth-order valence-electron chi connectivity index (χ4n) is 2.16. The molecule has 2 aromatic rings. The van der Waals surface area contributed by atoms with E-state index in [0.717, 1.165) is 11.1 Å². The Hall–Kier alpha value is -2.33. The van der Waals surface area contributed by atoms with Crippen molar-refractivity contribution in [2.45, 2.75) is 19.4 Å². The molecule has 0 aromatic heterocycles. The van der Waals surface area contributed by atoms with Crippen molar-refractivity contribution in [2.75, 3.05) is 6.61 Å². The molecule has 0 aliphatic heterocycles. The number of phenolic OH excluding ortho intramolecular Hbond substituents is 1. The monoisotopic (exact) mass is 285 g/mol. The van der Waals surface area contributed by atoms with Crippen LogP contribution in [-0.4, -0.2) is 22.7 Å². The van der Waals surface area contributed by atoms with Crippen LogP contribution in [0.25, 0.3) is 0 Å². The van der Waals surface area contributed by atoms with Gasteiger partial charge in [-0.2, -0.15) is 0 Å². The number of aliphatic hydroxyl groups is 1. The van der Waals surface area contributed by atoms with Crippen molar-refractivity contribution in [3.05, 3.63) is 65.2 Å². The van der Waals surface area contributed by atoms with Crippen LogP contribution in [-0.2, 0) is 5.54 Å². The van der Waals surface area contributed by atoms with E-state index in [9.17, 15) is 15.0 Å². The molecule has 1 unspecified atom stereocenters. The Labute approximate surface area is 124 Å². The minimum absolute atomic E-state index is 0.0687. The summed E-state index contributed by atoms with van der Waals surface area (Å²) in [5.41, 5.74) is 0.955. The van der Waals surface area contributed by atoms with E-state index in [1.165, 1.54) is 6.07 Å². The van der Waals surface area contributed by atoms with Crippen molar-refractivity contribution in [3.63, 3.8) is 0 Å². The molecule has 2 rings (SSSR count). The molecule has 1 atom stereocenters. The number of benzene rings is 2. The largest absolute Gasteiger partial charge is 0.507 e. The summed E-state index contributed by atoms with van der Waals surface area (Å²) in [7, 11) is 0. The van der Waals surface area contributed by atoms with Gasteiger partial charge in [-0.25, -0.2) is 0 Å². The number of hydrogen-bond acceptors (Lipinski definition) is 3. The number of aliphatic hydroxyl groups excluding tert-OH is 1. The highest BCUT2D eigenvalue weighted by atomic mass is 16.3. The molecule has 0 saturated carbocycles. The van der Waals surface area contributed by atoms with Crippen LogP contribution in [0.4, 0.5) is 0 Å². The summed E-state index contributed by atoms with van der Waals surface area (Å²) < 4.78 is 0. The minimum atomic E-state index is -0.907. The maximum Gasteiger partial charge on any atom is 0.255 e. The summed E-state index contributed by atoms with van der Waals surface area (Å²) in [6.07, 6.45) is 0. The van der Waals surface area contributed by atoms with E-state index in [-0.39, 0.29) is 17.9 Å². The number of aromatic hydroxyl groups is 1. The molecule has 0 heterocycles. The van der Waals surface area contributed by atoms with E-state index < -0.39 is 11.4 Å². The highest BCUT2D eigenvalue weighted by Crippen LogP contribution is 2.23. The summed E-state index contributed by atoms with van der Waals surface area (Å²) in [4.78, 5) is 12.3. The number of nitrogens with one attached hydrogen (secondary N) is 1. The van der Waals surface area contributed by atoms with Crippen molar-refractivity contribution in [3.8, 4) is 5.75 Å². The van der Waals surface area contributed by atoms with Gasteiger partial charge < -0.3 is 15.5 Å². The fourth-order valence-corrected chi connectivity index (χ4v) is 2.16. The van der Waals surface area contributed by atoms with Gasteiger partial charge in [-0.05, 0) is 37.1 Å². The highest BCUT2D eigenvalue weighted by Gasteiger charge is 2.28. The van der Waals surface area contributed by atoms with Gasteiger partial charge in [0.1, 0.15) is 5.75 Å². The molecule has 0 aliphatic carbocycles. The average Bonchev–Trinajstić information content (AvgIpc) is 2.47. The first-order valence-electron chi connectivity index (χ1n) is 6.75. The standard InChI is InChI=1S/C17H19NO3/c1-12-8-9-14(15(20)10-12)16(21)18-17(2,11-19)13-6-4-3-5-7-13/h3-10,19-20H,11H2,1-2H3,(H,18,21). The zero-order valence-electron chi connectivity index (χ0n) is 12.1. The second-order valence-electron chi connectivity index (χ2n) is 5.33. The van der Waals surface area contributed by atoms with Gasteiger partial charge in [-0.1, -0.05) is 36.4 Å². The molecular weight excluding hydrogens is 266 g/mol. The summed E-state index contributed by atoms with van der Waals surface area (Å²) >= 11 is 0. The smallest absolute Gasteiger partial charge is 0.255 e. The Bertz CT molecular complexity index is 640. The molecule has 1 amide bonds. The molecule has 4 heteroatoms. The third kappa shape index (κ3) is 3.23. The lowest BCUT2D eigenvalue weighted by Gasteiger charge is -2.29. The zero-order valence-corrected chi connectivity index (χ0v) is 12.1. The van der Waals surface area contributed by atoms with Crippen LogP contribution in [0.15, 0.2) is 48.5 Å². The number of carbonyl (C=O) groups excluding carboxylic acids is 1. The maximum absolute atomic E-state index is 12.3. The Balaban J connectivity index is 2.28. The van der Waals surface area contributed by atoms with E-state index in [1.54, 1.807) is 19.1 Å². The number of amides is 1. The first kappa shape index (κ1) is 15.1. The van der Waals surface area contributed by atoms with Gasteiger partial charge in [-0.3, -0.25) is 4.79 Å². The van der Waals surface area contributed by atoms with Crippen LogP contribution in [0.1, 0.15) is 28.4 Å². The molecule has 21 heavy (non-hydrogen) atoms. The average molecular weight is 285 g/mol. The Kier molecular flexibility index (Phi) is 4.29.